The Morgan fingerprint density at radius 3 is 2.67 bits per heavy atom. The number of aryl methyl sites for hydroxylation is 1. The minimum atomic E-state index is 0.207. The van der Waals surface area contributed by atoms with Gasteiger partial charge in [-0.2, -0.15) is 0 Å². The molecular weight excluding hydrogens is 448 g/mol. The molecule has 9 heteroatoms. The van der Waals surface area contributed by atoms with Crippen molar-refractivity contribution >= 4 is 32.8 Å². The molecule has 0 amide bonds. The minimum Gasteiger partial charge on any atom is -0.490 e. The van der Waals surface area contributed by atoms with E-state index in [0.717, 1.165) is 53.4 Å². The maximum absolute atomic E-state index is 6.09. The molecule has 0 spiro atoms. The molecular formula is C21H23BrN6O2. The van der Waals surface area contributed by atoms with Crippen LogP contribution in [0, 0.1) is 0 Å². The number of anilines is 1. The lowest BCUT2D eigenvalue weighted by Crippen LogP contribution is -2.05. The number of ether oxygens (including phenoxy) is 1. The van der Waals surface area contributed by atoms with Gasteiger partial charge in [0.05, 0.1) is 18.5 Å². The maximum atomic E-state index is 6.09. The third-order valence-corrected chi connectivity index (χ3v) is 5.34. The van der Waals surface area contributed by atoms with Gasteiger partial charge in [0.25, 0.3) is 0 Å². The first-order valence-corrected chi connectivity index (χ1v) is 11.1. The second kappa shape index (κ2) is 9.25. The fourth-order valence-corrected chi connectivity index (χ4v) is 3.56. The summed E-state index contributed by atoms with van der Waals surface area (Å²) in [5, 5.41) is 8.60. The number of halogens is 1. The largest absolute Gasteiger partial charge is 0.490 e. The first-order chi connectivity index (χ1) is 14.7. The average molecular weight is 471 g/mol. The molecule has 1 aromatic carbocycles. The number of fused-ring (bicyclic) bond motifs is 1. The van der Waals surface area contributed by atoms with E-state index >= 15 is 0 Å². The molecule has 2 N–H and O–H groups in total. The molecule has 0 aliphatic heterocycles. The van der Waals surface area contributed by atoms with Crippen LogP contribution in [-0.2, 0) is 6.54 Å². The fourth-order valence-electron chi connectivity index (χ4n) is 3.33. The highest BCUT2D eigenvalue weighted by atomic mass is 79.9. The Morgan fingerprint density at radius 2 is 1.97 bits per heavy atom. The van der Waals surface area contributed by atoms with Crippen LogP contribution in [0.1, 0.15) is 26.2 Å². The van der Waals surface area contributed by atoms with Crippen LogP contribution < -0.4 is 10.5 Å². The zero-order valence-corrected chi connectivity index (χ0v) is 18.3. The zero-order valence-electron chi connectivity index (χ0n) is 16.7. The summed E-state index contributed by atoms with van der Waals surface area (Å²) in [6.45, 7) is 3.46. The van der Waals surface area contributed by atoms with Crippen molar-refractivity contribution in [3.63, 3.8) is 0 Å². The van der Waals surface area contributed by atoms with Crippen LogP contribution in [0.15, 0.2) is 41.2 Å². The molecule has 0 saturated heterocycles. The number of rotatable bonds is 9. The summed E-state index contributed by atoms with van der Waals surface area (Å²) in [4.78, 5) is 9.59. The van der Waals surface area contributed by atoms with Crippen LogP contribution in [0.2, 0.25) is 0 Å². The Bertz CT molecular complexity index is 1130. The van der Waals surface area contributed by atoms with E-state index in [1.165, 1.54) is 0 Å². The van der Waals surface area contributed by atoms with Gasteiger partial charge < -0.3 is 15.0 Å². The number of aromatic nitrogens is 5. The summed E-state index contributed by atoms with van der Waals surface area (Å²) >= 11 is 3.45. The van der Waals surface area contributed by atoms with Crippen molar-refractivity contribution in [2.24, 2.45) is 0 Å². The summed E-state index contributed by atoms with van der Waals surface area (Å²) < 4.78 is 13.0. The van der Waals surface area contributed by atoms with E-state index in [-0.39, 0.29) is 5.82 Å². The lowest BCUT2D eigenvalue weighted by atomic mass is 10.1. The van der Waals surface area contributed by atoms with E-state index in [4.69, 9.17) is 25.1 Å². The Labute approximate surface area is 182 Å². The van der Waals surface area contributed by atoms with Gasteiger partial charge in [0.1, 0.15) is 11.0 Å². The predicted octanol–water partition coefficient (Wildman–Crippen LogP) is 4.69. The molecule has 0 unspecified atom stereocenters. The predicted molar refractivity (Wildman–Crippen MR) is 119 cm³/mol. The average Bonchev–Trinajstić information content (AvgIpc) is 3.36. The standard InChI is InChI=1S/C21H23BrN6O2/c1-2-3-11-28-19-15(29-12-7-10-22)13-24-16(14-8-5-4-6-9-14)17(19)25-21(28)18-20(23)27-30-26-18/h4-6,8-9,13H,2-3,7,10-12H2,1H3,(H2,23,27). The third kappa shape index (κ3) is 3.89. The van der Waals surface area contributed by atoms with E-state index < -0.39 is 0 Å². The minimum absolute atomic E-state index is 0.207. The van der Waals surface area contributed by atoms with Crippen molar-refractivity contribution < 1.29 is 9.37 Å². The van der Waals surface area contributed by atoms with Crippen LogP contribution in [0.5, 0.6) is 5.75 Å². The number of benzene rings is 1. The van der Waals surface area contributed by atoms with E-state index in [0.29, 0.717) is 23.9 Å². The molecule has 0 atom stereocenters. The van der Waals surface area contributed by atoms with E-state index in [1.54, 1.807) is 6.20 Å². The van der Waals surface area contributed by atoms with Crippen molar-refractivity contribution in [3.05, 3.63) is 36.5 Å². The first kappa shape index (κ1) is 20.3. The SMILES string of the molecule is CCCCn1c(-c2nonc2N)nc2c(-c3ccccc3)ncc(OCCCBr)c21. The number of nitrogens with two attached hydrogens (primary N) is 1. The van der Waals surface area contributed by atoms with Gasteiger partial charge in [-0.1, -0.05) is 59.6 Å². The lowest BCUT2D eigenvalue weighted by Gasteiger charge is -2.12. The maximum Gasteiger partial charge on any atom is 0.199 e. The van der Waals surface area contributed by atoms with Gasteiger partial charge in [0.2, 0.25) is 0 Å². The molecule has 8 nitrogen and oxygen atoms in total. The topological polar surface area (TPSA) is 105 Å². The Hall–Kier alpha value is -2.94. The highest BCUT2D eigenvalue weighted by Gasteiger charge is 2.24. The number of alkyl halides is 1. The normalized spacial score (nSPS) is 11.3. The number of hydrogen-bond acceptors (Lipinski definition) is 7. The highest BCUT2D eigenvalue weighted by Crippen LogP contribution is 2.36. The zero-order chi connectivity index (χ0) is 20.9. The van der Waals surface area contributed by atoms with Crippen molar-refractivity contribution in [2.75, 3.05) is 17.7 Å². The molecule has 0 radical (unpaired) electrons. The molecule has 0 fully saturated rings. The van der Waals surface area contributed by atoms with E-state index in [1.807, 2.05) is 30.3 Å². The van der Waals surface area contributed by atoms with Crippen LogP contribution in [0.3, 0.4) is 0 Å². The van der Waals surface area contributed by atoms with Gasteiger partial charge in [-0.3, -0.25) is 0 Å². The summed E-state index contributed by atoms with van der Waals surface area (Å²) in [5.41, 5.74) is 9.81. The Balaban J connectivity index is 1.97. The van der Waals surface area contributed by atoms with Crippen LogP contribution in [0.4, 0.5) is 5.82 Å². The second-order valence-electron chi connectivity index (χ2n) is 6.86. The molecule has 3 heterocycles. The quantitative estimate of drug-likeness (QED) is 0.279. The van der Waals surface area contributed by atoms with Gasteiger partial charge >= 0.3 is 0 Å². The molecule has 0 aliphatic rings. The Kier molecular flexibility index (Phi) is 6.27. The van der Waals surface area contributed by atoms with E-state index in [9.17, 15) is 0 Å². The number of nitrogen functional groups attached to an aromatic ring is 1. The molecule has 0 saturated carbocycles. The van der Waals surface area contributed by atoms with Crippen LogP contribution in [0.25, 0.3) is 33.8 Å². The van der Waals surface area contributed by atoms with Crippen molar-refractivity contribution in [1.29, 1.82) is 0 Å². The van der Waals surface area contributed by atoms with Crippen molar-refractivity contribution in [1.82, 2.24) is 24.8 Å². The molecule has 156 valence electrons. The monoisotopic (exact) mass is 470 g/mol. The van der Waals surface area contributed by atoms with Gasteiger partial charge in [0, 0.05) is 17.4 Å². The third-order valence-electron chi connectivity index (χ3n) is 4.78. The summed E-state index contributed by atoms with van der Waals surface area (Å²) in [7, 11) is 0. The molecule has 3 aromatic heterocycles. The van der Waals surface area contributed by atoms with Crippen LogP contribution in [-0.4, -0.2) is 36.8 Å². The van der Waals surface area contributed by atoms with Gasteiger partial charge in [-0.25, -0.2) is 14.6 Å². The number of hydrogen-bond donors (Lipinski definition) is 1. The molecule has 0 bridgehead atoms. The first-order valence-electron chi connectivity index (χ1n) is 9.96. The Morgan fingerprint density at radius 1 is 1.13 bits per heavy atom. The van der Waals surface area contributed by atoms with Gasteiger partial charge in [0.15, 0.2) is 23.1 Å². The van der Waals surface area contributed by atoms with E-state index in [2.05, 4.69) is 37.7 Å². The van der Waals surface area contributed by atoms with Crippen molar-refractivity contribution in [3.8, 4) is 28.5 Å². The molecule has 0 aliphatic carbocycles. The highest BCUT2D eigenvalue weighted by molar-refractivity contribution is 9.09. The summed E-state index contributed by atoms with van der Waals surface area (Å²) in [6, 6.07) is 9.98. The lowest BCUT2D eigenvalue weighted by molar-refractivity contribution is 0.310. The summed E-state index contributed by atoms with van der Waals surface area (Å²) in [6.07, 6.45) is 4.66. The molecule has 4 rings (SSSR count). The fraction of sp³-hybridized carbons (Fsp3) is 0.333. The van der Waals surface area contributed by atoms with Crippen molar-refractivity contribution in [2.45, 2.75) is 32.7 Å². The number of nitrogens with zero attached hydrogens (tertiary/aromatic N) is 5. The van der Waals surface area contributed by atoms with Crippen LogP contribution >= 0.6 is 15.9 Å². The second-order valence-corrected chi connectivity index (χ2v) is 7.66. The number of pyridine rings is 1. The summed E-state index contributed by atoms with van der Waals surface area (Å²) in [5.74, 6) is 1.50. The van der Waals surface area contributed by atoms with Gasteiger partial charge in [-0.05, 0) is 23.2 Å². The number of unbranched alkanes of at least 4 members (excludes halogenated alkanes) is 1. The molecule has 4 aromatic rings. The van der Waals surface area contributed by atoms with Gasteiger partial charge in [-0.15, -0.1) is 0 Å². The molecule has 30 heavy (non-hydrogen) atoms. The smallest absolute Gasteiger partial charge is 0.199 e. The number of imidazole rings is 1.